The van der Waals surface area contributed by atoms with Crippen molar-refractivity contribution in [2.24, 2.45) is 5.14 Å². The van der Waals surface area contributed by atoms with Crippen molar-refractivity contribution in [3.63, 3.8) is 0 Å². The third kappa shape index (κ3) is 4.78. The highest BCUT2D eigenvalue weighted by atomic mass is 35.5. The van der Waals surface area contributed by atoms with Crippen LogP contribution in [0.25, 0.3) is 0 Å². The zero-order chi connectivity index (χ0) is 17.9. The van der Waals surface area contributed by atoms with Crippen LogP contribution in [0.4, 0.5) is 0 Å². The van der Waals surface area contributed by atoms with E-state index in [1.807, 2.05) is 0 Å². The van der Waals surface area contributed by atoms with Crippen molar-refractivity contribution in [3.05, 3.63) is 51.4 Å². The largest absolute Gasteiger partial charge is 0.280 e. The van der Waals surface area contributed by atoms with Crippen LogP contribution in [0.3, 0.4) is 0 Å². The summed E-state index contributed by atoms with van der Waals surface area (Å²) in [7, 11) is -3.87. The van der Waals surface area contributed by atoms with Gasteiger partial charge in [-0.2, -0.15) is 0 Å². The molecule has 1 aromatic heterocycles. The van der Waals surface area contributed by atoms with Crippen molar-refractivity contribution in [2.45, 2.75) is 17.6 Å². The Morgan fingerprint density at radius 3 is 2.38 bits per heavy atom. The molecule has 0 saturated heterocycles. The van der Waals surface area contributed by atoms with E-state index < -0.39 is 21.8 Å². The van der Waals surface area contributed by atoms with Gasteiger partial charge in [0.25, 0.3) is 5.91 Å². The molecule has 2 amide bonds. The molecule has 0 spiro atoms. The number of thiophene rings is 1. The first-order valence-corrected chi connectivity index (χ1v) is 9.38. The summed E-state index contributed by atoms with van der Waals surface area (Å²) >= 11 is 6.50. The maximum atomic E-state index is 12.0. The van der Waals surface area contributed by atoms with Crippen molar-refractivity contribution in [2.75, 3.05) is 0 Å². The lowest BCUT2D eigenvalue weighted by Gasteiger charge is -2.07. The average Bonchev–Trinajstić information content (AvgIpc) is 2.89. The van der Waals surface area contributed by atoms with Crippen LogP contribution in [0, 0.1) is 6.92 Å². The van der Waals surface area contributed by atoms with Crippen LogP contribution < -0.4 is 16.0 Å². The highest BCUT2D eigenvalue weighted by molar-refractivity contribution is 7.91. The molecule has 4 N–H and O–H groups in total. The molecule has 7 nitrogen and oxygen atoms in total. The Morgan fingerprint density at radius 1 is 1.21 bits per heavy atom. The van der Waals surface area contributed by atoms with Crippen LogP contribution in [0.2, 0.25) is 5.02 Å². The molecule has 1 aromatic carbocycles. The Balaban J connectivity index is 1.96. The number of primary sulfonamides is 1. The smallest absolute Gasteiger partial charge is 0.273 e. The summed E-state index contributed by atoms with van der Waals surface area (Å²) in [6.45, 7) is 1.58. The fourth-order valence-electron chi connectivity index (χ4n) is 1.83. The minimum absolute atomic E-state index is 0.0588. The number of carbonyl (C=O) groups is 2. The highest BCUT2D eigenvalue weighted by Gasteiger charge is 2.19. The van der Waals surface area contributed by atoms with E-state index >= 15 is 0 Å². The van der Waals surface area contributed by atoms with E-state index in [1.165, 1.54) is 6.07 Å². The van der Waals surface area contributed by atoms with Gasteiger partial charge in [0.05, 0.1) is 11.3 Å². The number of amides is 2. The maximum Gasteiger partial charge on any atom is 0.280 e. The molecule has 128 valence electrons. The van der Waals surface area contributed by atoms with Crippen LogP contribution in [-0.2, 0) is 21.2 Å². The van der Waals surface area contributed by atoms with Crippen LogP contribution in [0.15, 0.2) is 34.5 Å². The lowest BCUT2D eigenvalue weighted by atomic mass is 10.1. The molecule has 0 radical (unpaired) electrons. The Labute approximate surface area is 147 Å². The Kier molecular flexibility index (Phi) is 5.60. The number of carbonyl (C=O) groups excluding carboxylic acids is 2. The molecule has 10 heteroatoms. The van der Waals surface area contributed by atoms with Gasteiger partial charge in [-0.05, 0) is 36.2 Å². The lowest BCUT2D eigenvalue weighted by molar-refractivity contribution is -0.121. The minimum atomic E-state index is -3.87. The monoisotopic (exact) mass is 387 g/mol. The van der Waals surface area contributed by atoms with Crippen molar-refractivity contribution in [1.29, 1.82) is 0 Å². The number of hydrogen-bond acceptors (Lipinski definition) is 5. The lowest BCUT2D eigenvalue weighted by Crippen LogP contribution is -2.42. The molecular formula is C14H14ClN3O4S2. The molecule has 24 heavy (non-hydrogen) atoms. The summed E-state index contributed by atoms with van der Waals surface area (Å²) in [4.78, 5) is 24.0. The number of halogens is 1. The number of benzene rings is 1. The maximum absolute atomic E-state index is 12.0. The zero-order valence-electron chi connectivity index (χ0n) is 12.5. The Morgan fingerprint density at radius 2 is 1.83 bits per heavy atom. The fraction of sp³-hybridized carbons (Fsp3) is 0.143. The zero-order valence-corrected chi connectivity index (χ0v) is 14.9. The number of hydrogen-bond donors (Lipinski definition) is 3. The van der Waals surface area contributed by atoms with Gasteiger partial charge in [0.1, 0.15) is 4.21 Å². The van der Waals surface area contributed by atoms with Gasteiger partial charge in [-0.25, -0.2) is 13.6 Å². The standard InChI is InChI=1S/C14H14ClN3O4S2/c1-8-6-12(24(16,21)22)23-13(8)14(20)18-17-11(19)7-9-2-4-10(15)5-3-9/h2-6H,7H2,1H3,(H,17,19)(H,18,20)(H2,16,21,22). The van der Waals surface area contributed by atoms with E-state index in [4.69, 9.17) is 16.7 Å². The van der Waals surface area contributed by atoms with Gasteiger partial charge in [0.2, 0.25) is 15.9 Å². The van der Waals surface area contributed by atoms with Gasteiger partial charge >= 0.3 is 0 Å². The molecule has 2 rings (SSSR count). The first kappa shape index (κ1) is 18.4. The van der Waals surface area contributed by atoms with Gasteiger partial charge in [-0.3, -0.25) is 20.4 Å². The van der Waals surface area contributed by atoms with Gasteiger partial charge in [-0.15, -0.1) is 11.3 Å². The van der Waals surface area contributed by atoms with Crippen LogP contribution in [-0.4, -0.2) is 20.2 Å². The highest BCUT2D eigenvalue weighted by Crippen LogP contribution is 2.24. The number of nitrogens with one attached hydrogen (secondary N) is 2. The van der Waals surface area contributed by atoms with Gasteiger partial charge in [0, 0.05) is 5.02 Å². The minimum Gasteiger partial charge on any atom is -0.273 e. The molecular weight excluding hydrogens is 374 g/mol. The molecule has 0 aliphatic rings. The normalized spacial score (nSPS) is 11.1. The first-order valence-electron chi connectivity index (χ1n) is 6.63. The molecule has 0 unspecified atom stereocenters. The molecule has 0 bridgehead atoms. The van der Waals surface area contributed by atoms with E-state index in [2.05, 4.69) is 10.9 Å². The van der Waals surface area contributed by atoms with Gasteiger partial charge < -0.3 is 0 Å². The fourth-order valence-corrected chi connectivity index (χ4v) is 3.82. The molecule has 0 aliphatic carbocycles. The topological polar surface area (TPSA) is 118 Å². The quantitative estimate of drug-likeness (QED) is 0.686. The van der Waals surface area contributed by atoms with E-state index in [0.717, 1.165) is 16.9 Å². The Bertz CT molecular complexity index is 876. The second kappa shape index (κ2) is 7.31. The predicted octanol–water partition coefficient (Wildman–Crippen LogP) is 1.36. The molecule has 0 atom stereocenters. The van der Waals surface area contributed by atoms with E-state index in [0.29, 0.717) is 10.6 Å². The molecule has 1 heterocycles. The SMILES string of the molecule is Cc1cc(S(N)(=O)=O)sc1C(=O)NNC(=O)Cc1ccc(Cl)cc1. The van der Waals surface area contributed by atoms with Crippen LogP contribution in [0.1, 0.15) is 20.8 Å². The number of hydrazine groups is 1. The summed E-state index contributed by atoms with van der Waals surface area (Å²) in [6.07, 6.45) is 0.0588. The van der Waals surface area contributed by atoms with Gasteiger partial charge in [-0.1, -0.05) is 23.7 Å². The molecule has 2 aromatic rings. The van der Waals surface area contributed by atoms with Crippen molar-refractivity contribution >= 4 is 44.8 Å². The number of nitrogens with two attached hydrogens (primary N) is 1. The van der Waals surface area contributed by atoms with Gasteiger partial charge in [0.15, 0.2) is 0 Å². The summed E-state index contributed by atoms with van der Waals surface area (Å²) in [5, 5.41) is 5.59. The third-order valence-corrected chi connectivity index (χ3v) is 5.88. The van der Waals surface area contributed by atoms with E-state index in [9.17, 15) is 18.0 Å². The number of rotatable bonds is 4. The average molecular weight is 388 g/mol. The molecule has 0 fully saturated rings. The van der Waals surface area contributed by atoms with Crippen molar-refractivity contribution in [3.8, 4) is 0 Å². The van der Waals surface area contributed by atoms with Crippen molar-refractivity contribution in [1.82, 2.24) is 10.9 Å². The molecule has 0 aliphatic heterocycles. The van der Waals surface area contributed by atoms with E-state index in [-0.39, 0.29) is 15.5 Å². The van der Waals surface area contributed by atoms with Crippen LogP contribution >= 0.6 is 22.9 Å². The summed E-state index contributed by atoms with van der Waals surface area (Å²) in [5.74, 6) is -1.04. The third-order valence-electron chi connectivity index (χ3n) is 2.98. The Hall–Kier alpha value is -1.94. The first-order chi connectivity index (χ1) is 11.2. The van der Waals surface area contributed by atoms with Crippen molar-refractivity contribution < 1.29 is 18.0 Å². The second-order valence-corrected chi connectivity index (χ2v) is 8.21. The summed E-state index contributed by atoms with van der Waals surface area (Å²) in [5.41, 5.74) is 5.70. The summed E-state index contributed by atoms with van der Waals surface area (Å²) in [6, 6.07) is 8.03. The number of sulfonamides is 1. The summed E-state index contributed by atoms with van der Waals surface area (Å²) < 4.78 is 22.5. The predicted molar refractivity (Wildman–Crippen MR) is 91.2 cm³/mol. The van der Waals surface area contributed by atoms with E-state index in [1.54, 1.807) is 31.2 Å². The molecule has 0 saturated carbocycles. The van der Waals surface area contributed by atoms with Crippen LogP contribution in [0.5, 0.6) is 0 Å². The second-order valence-electron chi connectivity index (χ2n) is 4.93. The number of aryl methyl sites for hydroxylation is 1.